The van der Waals surface area contributed by atoms with E-state index in [0.29, 0.717) is 23.7 Å². The molecule has 2 rings (SSSR count). The number of aliphatic hydroxyl groups excluding tert-OH is 1. The Morgan fingerprint density at radius 2 is 2.41 bits per heavy atom. The molecule has 88 valence electrons. The summed E-state index contributed by atoms with van der Waals surface area (Å²) < 4.78 is 1.92. The molecule has 0 aliphatic carbocycles. The van der Waals surface area contributed by atoms with E-state index in [1.165, 1.54) is 11.3 Å². The lowest BCUT2D eigenvalue weighted by atomic mass is 10.2. The average Bonchev–Trinajstić information content (AvgIpc) is 2.97. The lowest BCUT2D eigenvalue weighted by molar-refractivity contribution is 0.159. The number of nitriles is 1. The van der Waals surface area contributed by atoms with Gasteiger partial charge in [0.15, 0.2) is 0 Å². The molecule has 0 amide bonds. The first kappa shape index (κ1) is 11.8. The molecule has 0 aliphatic heterocycles. The van der Waals surface area contributed by atoms with Gasteiger partial charge in [-0.15, -0.1) is 11.3 Å². The van der Waals surface area contributed by atoms with E-state index in [1.54, 1.807) is 6.20 Å². The van der Waals surface area contributed by atoms with E-state index in [1.807, 2.05) is 29.8 Å². The fourth-order valence-corrected chi connectivity index (χ4v) is 2.43. The van der Waals surface area contributed by atoms with Gasteiger partial charge in [0.1, 0.15) is 22.9 Å². The van der Waals surface area contributed by atoms with Gasteiger partial charge in [0.2, 0.25) is 0 Å². The Bertz CT molecular complexity index is 538. The summed E-state index contributed by atoms with van der Waals surface area (Å²) >= 11 is 1.47. The minimum absolute atomic E-state index is 0.527. The van der Waals surface area contributed by atoms with Crippen LogP contribution >= 0.6 is 11.3 Å². The second-order valence-electron chi connectivity index (χ2n) is 3.72. The monoisotopic (exact) mass is 247 g/mol. The van der Waals surface area contributed by atoms with Gasteiger partial charge in [-0.25, -0.2) is 4.98 Å². The summed E-state index contributed by atoms with van der Waals surface area (Å²) in [4.78, 5) is 5.96. The fourth-order valence-electron chi connectivity index (χ4n) is 1.63. The molecule has 1 atom stereocenters. The summed E-state index contributed by atoms with van der Waals surface area (Å²) in [5.41, 5.74) is 0. The van der Waals surface area contributed by atoms with Crippen LogP contribution in [0.5, 0.6) is 0 Å². The molecule has 1 N–H and O–H groups in total. The van der Waals surface area contributed by atoms with Crippen LogP contribution in [-0.4, -0.2) is 14.7 Å². The van der Waals surface area contributed by atoms with E-state index in [9.17, 15) is 5.11 Å². The van der Waals surface area contributed by atoms with Gasteiger partial charge < -0.3 is 9.67 Å². The molecule has 4 nitrogen and oxygen atoms in total. The highest BCUT2D eigenvalue weighted by Crippen LogP contribution is 2.20. The van der Waals surface area contributed by atoms with Crippen molar-refractivity contribution in [3.05, 3.63) is 40.1 Å². The fraction of sp³-hybridized carbons (Fsp3) is 0.333. The first-order valence-corrected chi connectivity index (χ1v) is 6.24. The zero-order chi connectivity index (χ0) is 12.3. The SMILES string of the molecule is CC[C@@H](O)c1nccn1Cc1ccc(C#N)s1. The van der Waals surface area contributed by atoms with Crippen molar-refractivity contribution in [3.63, 3.8) is 0 Å². The minimum atomic E-state index is -0.527. The Kier molecular flexibility index (Phi) is 3.57. The summed E-state index contributed by atoms with van der Waals surface area (Å²) in [6.45, 7) is 2.57. The van der Waals surface area contributed by atoms with Crippen molar-refractivity contribution in [2.24, 2.45) is 0 Å². The van der Waals surface area contributed by atoms with Crippen molar-refractivity contribution in [1.29, 1.82) is 5.26 Å². The Labute approximate surface area is 104 Å². The first-order valence-electron chi connectivity index (χ1n) is 5.42. The molecule has 2 aromatic heterocycles. The van der Waals surface area contributed by atoms with Crippen LogP contribution in [0.15, 0.2) is 24.5 Å². The zero-order valence-electron chi connectivity index (χ0n) is 9.50. The van der Waals surface area contributed by atoms with Crippen molar-refractivity contribution in [1.82, 2.24) is 9.55 Å². The molecule has 2 aromatic rings. The Balaban J connectivity index is 2.19. The van der Waals surface area contributed by atoms with Gasteiger partial charge in [-0.2, -0.15) is 5.26 Å². The lowest BCUT2D eigenvalue weighted by Gasteiger charge is -2.10. The topological polar surface area (TPSA) is 61.8 Å². The van der Waals surface area contributed by atoms with Crippen molar-refractivity contribution in [2.45, 2.75) is 26.0 Å². The minimum Gasteiger partial charge on any atom is -0.385 e. The highest BCUT2D eigenvalue weighted by Gasteiger charge is 2.12. The van der Waals surface area contributed by atoms with Crippen LogP contribution in [0.3, 0.4) is 0 Å². The van der Waals surface area contributed by atoms with Crippen molar-refractivity contribution in [3.8, 4) is 6.07 Å². The second-order valence-corrected chi connectivity index (χ2v) is 4.88. The van der Waals surface area contributed by atoms with Crippen LogP contribution in [0, 0.1) is 11.3 Å². The standard InChI is InChI=1S/C12H13N3OS/c1-2-11(16)12-14-5-6-15(12)8-10-4-3-9(7-13)17-10/h3-6,11,16H,2,8H2,1H3/t11-/m1/s1. The van der Waals surface area contributed by atoms with Crippen LogP contribution in [-0.2, 0) is 6.54 Å². The zero-order valence-corrected chi connectivity index (χ0v) is 10.3. The van der Waals surface area contributed by atoms with Crippen molar-refractivity contribution < 1.29 is 5.11 Å². The summed E-state index contributed by atoms with van der Waals surface area (Å²) in [6, 6.07) is 5.87. The number of hydrogen-bond donors (Lipinski definition) is 1. The second kappa shape index (κ2) is 5.13. The van der Waals surface area contributed by atoms with Crippen LogP contribution in [0.4, 0.5) is 0 Å². The summed E-state index contributed by atoms with van der Waals surface area (Å²) in [5, 5.41) is 18.6. The Hall–Kier alpha value is -1.64. The molecule has 0 aromatic carbocycles. The highest BCUT2D eigenvalue weighted by atomic mass is 32.1. The number of aromatic nitrogens is 2. The molecule has 0 fully saturated rings. The van der Waals surface area contributed by atoms with E-state index in [-0.39, 0.29) is 0 Å². The van der Waals surface area contributed by atoms with Crippen LogP contribution in [0.2, 0.25) is 0 Å². The predicted octanol–water partition coefficient (Wildman–Crippen LogP) is 2.31. The number of nitrogens with zero attached hydrogens (tertiary/aromatic N) is 3. The first-order chi connectivity index (χ1) is 8.24. The molecule has 0 spiro atoms. The summed E-state index contributed by atoms with van der Waals surface area (Å²) in [6.07, 6.45) is 3.65. The maximum atomic E-state index is 9.80. The molecule has 2 heterocycles. The smallest absolute Gasteiger partial charge is 0.137 e. The van der Waals surface area contributed by atoms with Gasteiger partial charge in [-0.3, -0.25) is 0 Å². The lowest BCUT2D eigenvalue weighted by Crippen LogP contribution is -2.08. The maximum absolute atomic E-state index is 9.80. The third kappa shape index (κ3) is 2.54. The van der Waals surface area contributed by atoms with Crippen molar-refractivity contribution >= 4 is 11.3 Å². The van der Waals surface area contributed by atoms with E-state index in [2.05, 4.69) is 11.1 Å². The van der Waals surface area contributed by atoms with Gasteiger partial charge in [-0.05, 0) is 18.6 Å². The largest absolute Gasteiger partial charge is 0.385 e. The summed E-state index contributed by atoms with van der Waals surface area (Å²) in [5.74, 6) is 0.680. The van der Waals surface area contributed by atoms with Gasteiger partial charge in [0, 0.05) is 17.3 Å². The highest BCUT2D eigenvalue weighted by molar-refractivity contribution is 7.12. The van der Waals surface area contributed by atoms with Crippen LogP contribution in [0.1, 0.15) is 35.0 Å². The van der Waals surface area contributed by atoms with E-state index < -0.39 is 6.10 Å². The van der Waals surface area contributed by atoms with E-state index in [0.717, 1.165) is 4.88 Å². The molecule has 0 radical (unpaired) electrons. The number of thiophene rings is 1. The number of hydrogen-bond acceptors (Lipinski definition) is 4. The number of rotatable bonds is 4. The Morgan fingerprint density at radius 1 is 1.59 bits per heavy atom. The molecular weight excluding hydrogens is 234 g/mol. The predicted molar refractivity (Wildman–Crippen MR) is 65.6 cm³/mol. The molecule has 5 heteroatoms. The number of aliphatic hydroxyl groups is 1. The van der Waals surface area contributed by atoms with Gasteiger partial charge in [0.05, 0.1) is 6.54 Å². The van der Waals surface area contributed by atoms with Gasteiger partial charge in [0.25, 0.3) is 0 Å². The molecule has 0 aliphatic rings. The van der Waals surface area contributed by atoms with Crippen LogP contribution < -0.4 is 0 Å². The molecular formula is C12H13N3OS. The quantitative estimate of drug-likeness (QED) is 0.901. The summed E-state index contributed by atoms with van der Waals surface area (Å²) in [7, 11) is 0. The van der Waals surface area contributed by atoms with E-state index in [4.69, 9.17) is 5.26 Å². The average molecular weight is 247 g/mol. The molecule has 0 saturated heterocycles. The maximum Gasteiger partial charge on any atom is 0.137 e. The Morgan fingerprint density at radius 3 is 3.06 bits per heavy atom. The molecule has 0 saturated carbocycles. The third-order valence-electron chi connectivity index (χ3n) is 2.53. The van der Waals surface area contributed by atoms with E-state index >= 15 is 0 Å². The normalized spacial score (nSPS) is 12.3. The third-order valence-corrected chi connectivity index (χ3v) is 3.51. The molecule has 0 unspecified atom stereocenters. The van der Waals surface area contributed by atoms with Gasteiger partial charge >= 0.3 is 0 Å². The van der Waals surface area contributed by atoms with Gasteiger partial charge in [-0.1, -0.05) is 6.92 Å². The molecule has 0 bridgehead atoms. The molecule has 17 heavy (non-hydrogen) atoms. The van der Waals surface area contributed by atoms with Crippen LogP contribution in [0.25, 0.3) is 0 Å². The van der Waals surface area contributed by atoms with Crippen molar-refractivity contribution in [2.75, 3.05) is 0 Å². The number of imidazole rings is 1.